The molecular formula is C15H19N3O2. The third kappa shape index (κ3) is 3.68. The zero-order valence-corrected chi connectivity index (χ0v) is 11.8. The van der Waals surface area contributed by atoms with Gasteiger partial charge in [-0.1, -0.05) is 6.07 Å². The lowest BCUT2D eigenvalue weighted by molar-refractivity contribution is 0.291. The first-order chi connectivity index (χ1) is 9.70. The fourth-order valence-electron chi connectivity index (χ4n) is 1.92. The van der Waals surface area contributed by atoms with Gasteiger partial charge in [0, 0.05) is 24.5 Å². The van der Waals surface area contributed by atoms with Crippen LogP contribution in [0.25, 0.3) is 0 Å². The third-order valence-corrected chi connectivity index (χ3v) is 2.90. The molecule has 20 heavy (non-hydrogen) atoms. The highest BCUT2D eigenvalue weighted by Crippen LogP contribution is 2.16. The van der Waals surface area contributed by atoms with Gasteiger partial charge in [0.2, 0.25) is 0 Å². The average molecular weight is 273 g/mol. The Morgan fingerprint density at radius 1 is 1.30 bits per heavy atom. The summed E-state index contributed by atoms with van der Waals surface area (Å²) in [6.07, 6.45) is 1.76. The van der Waals surface area contributed by atoms with E-state index in [0.717, 1.165) is 17.1 Å². The zero-order valence-electron chi connectivity index (χ0n) is 11.8. The van der Waals surface area contributed by atoms with Gasteiger partial charge in [-0.05, 0) is 32.2 Å². The van der Waals surface area contributed by atoms with Crippen LogP contribution in [-0.2, 0) is 13.1 Å². The van der Waals surface area contributed by atoms with Gasteiger partial charge in [0.1, 0.15) is 12.4 Å². The van der Waals surface area contributed by atoms with Crippen molar-refractivity contribution >= 4 is 0 Å². The van der Waals surface area contributed by atoms with Crippen LogP contribution >= 0.6 is 0 Å². The van der Waals surface area contributed by atoms with E-state index in [0.29, 0.717) is 19.7 Å². The number of rotatable bonds is 6. The lowest BCUT2D eigenvalue weighted by Crippen LogP contribution is -2.21. The molecule has 0 atom stereocenters. The maximum absolute atomic E-state index is 11.6. The predicted molar refractivity (Wildman–Crippen MR) is 77.9 cm³/mol. The van der Waals surface area contributed by atoms with Crippen molar-refractivity contribution in [2.24, 2.45) is 0 Å². The summed E-state index contributed by atoms with van der Waals surface area (Å²) in [5, 5.41) is 3.07. The molecule has 1 N–H and O–H groups in total. The Labute approximate surface area is 118 Å². The Hall–Kier alpha value is -2.14. The van der Waals surface area contributed by atoms with E-state index in [4.69, 9.17) is 4.74 Å². The second kappa shape index (κ2) is 6.86. The van der Waals surface area contributed by atoms with Crippen LogP contribution in [-0.4, -0.2) is 23.2 Å². The van der Waals surface area contributed by atoms with Crippen LogP contribution in [0.1, 0.15) is 11.4 Å². The lowest BCUT2D eigenvalue weighted by atomic mass is 10.3. The summed E-state index contributed by atoms with van der Waals surface area (Å²) in [5.41, 5.74) is 1.82. The lowest BCUT2D eigenvalue weighted by Gasteiger charge is -2.12. The average Bonchev–Trinajstić information content (AvgIpc) is 2.43. The molecule has 0 saturated heterocycles. The van der Waals surface area contributed by atoms with Crippen molar-refractivity contribution in [3.8, 4) is 5.75 Å². The topological polar surface area (TPSA) is 56.2 Å². The van der Waals surface area contributed by atoms with E-state index in [-0.39, 0.29) is 5.56 Å². The first-order valence-corrected chi connectivity index (χ1v) is 6.60. The van der Waals surface area contributed by atoms with Crippen molar-refractivity contribution < 1.29 is 4.74 Å². The summed E-state index contributed by atoms with van der Waals surface area (Å²) in [7, 11) is 1.87. The summed E-state index contributed by atoms with van der Waals surface area (Å²) in [6, 6.07) is 8.95. The first-order valence-electron chi connectivity index (χ1n) is 6.60. The highest BCUT2D eigenvalue weighted by Gasteiger charge is 2.05. The molecule has 2 heterocycles. The molecule has 0 aliphatic rings. The molecular weight excluding hydrogens is 254 g/mol. The molecule has 0 amide bonds. The van der Waals surface area contributed by atoms with Crippen LogP contribution in [0.15, 0.2) is 41.3 Å². The molecule has 2 aromatic rings. The predicted octanol–water partition coefficient (Wildman–Crippen LogP) is 1.35. The van der Waals surface area contributed by atoms with Crippen molar-refractivity contribution in [2.45, 2.75) is 20.0 Å². The summed E-state index contributed by atoms with van der Waals surface area (Å²) in [6.45, 7) is 3.56. The van der Waals surface area contributed by atoms with Gasteiger partial charge in [0.15, 0.2) is 0 Å². The Kier molecular flexibility index (Phi) is 4.90. The summed E-state index contributed by atoms with van der Waals surface area (Å²) >= 11 is 0. The quantitative estimate of drug-likeness (QED) is 0.863. The van der Waals surface area contributed by atoms with Crippen LogP contribution in [0.5, 0.6) is 5.75 Å². The molecule has 0 aromatic carbocycles. The monoisotopic (exact) mass is 273 g/mol. The number of nitrogens with zero attached hydrogens (tertiary/aromatic N) is 2. The van der Waals surface area contributed by atoms with Gasteiger partial charge in [0.05, 0.1) is 12.2 Å². The van der Waals surface area contributed by atoms with Crippen LogP contribution in [0.2, 0.25) is 0 Å². The van der Waals surface area contributed by atoms with Gasteiger partial charge in [-0.15, -0.1) is 0 Å². The van der Waals surface area contributed by atoms with Gasteiger partial charge in [-0.3, -0.25) is 9.78 Å². The van der Waals surface area contributed by atoms with Crippen LogP contribution < -0.4 is 15.6 Å². The van der Waals surface area contributed by atoms with E-state index in [1.807, 2.05) is 32.2 Å². The molecule has 0 aliphatic heterocycles. The van der Waals surface area contributed by atoms with Crippen LogP contribution in [0.3, 0.4) is 0 Å². The molecule has 5 nitrogen and oxygen atoms in total. The first kappa shape index (κ1) is 14.3. The number of hydrogen-bond donors (Lipinski definition) is 1. The minimum atomic E-state index is -0.0198. The van der Waals surface area contributed by atoms with Gasteiger partial charge < -0.3 is 14.6 Å². The number of nitrogens with one attached hydrogen (secondary N) is 1. The Morgan fingerprint density at radius 2 is 2.15 bits per heavy atom. The van der Waals surface area contributed by atoms with E-state index in [9.17, 15) is 4.79 Å². The van der Waals surface area contributed by atoms with E-state index in [1.54, 1.807) is 22.9 Å². The Bertz CT molecular complexity index is 623. The fourth-order valence-corrected chi connectivity index (χ4v) is 1.92. The van der Waals surface area contributed by atoms with Crippen molar-refractivity contribution in [1.29, 1.82) is 0 Å². The summed E-state index contributed by atoms with van der Waals surface area (Å²) < 4.78 is 7.37. The summed E-state index contributed by atoms with van der Waals surface area (Å²) in [4.78, 5) is 16.0. The van der Waals surface area contributed by atoms with Crippen molar-refractivity contribution in [3.63, 3.8) is 0 Å². The SMILES string of the molecule is CNCc1nc(C)ccc1OCCn1ccccc1=O. The number of pyridine rings is 2. The Morgan fingerprint density at radius 3 is 2.90 bits per heavy atom. The highest BCUT2D eigenvalue weighted by atomic mass is 16.5. The van der Waals surface area contributed by atoms with Gasteiger partial charge in [0.25, 0.3) is 5.56 Å². The maximum atomic E-state index is 11.6. The van der Waals surface area contributed by atoms with Crippen molar-refractivity contribution in [3.05, 3.63) is 58.3 Å². The Balaban J connectivity index is 2.01. The van der Waals surface area contributed by atoms with Crippen LogP contribution in [0.4, 0.5) is 0 Å². The molecule has 5 heteroatoms. The van der Waals surface area contributed by atoms with Gasteiger partial charge in [-0.25, -0.2) is 0 Å². The minimum Gasteiger partial charge on any atom is -0.490 e. The molecule has 0 unspecified atom stereocenters. The molecule has 106 valence electrons. The number of aryl methyl sites for hydroxylation is 1. The normalized spacial score (nSPS) is 10.5. The molecule has 0 aliphatic carbocycles. The number of ether oxygens (including phenoxy) is 1. The van der Waals surface area contributed by atoms with Gasteiger partial charge >= 0.3 is 0 Å². The molecule has 0 spiro atoms. The van der Waals surface area contributed by atoms with Gasteiger partial charge in [-0.2, -0.15) is 0 Å². The van der Waals surface area contributed by atoms with Crippen molar-refractivity contribution in [2.75, 3.05) is 13.7 Å². The summed E-state index contributed by atoms with van der Waals surface area (Å²) in [5.74, 6) is 0.758. The molecule has 2 aromatic heterocycles. The third-order valence-electron chi connectivity index (χ3n) is 2.90. The molecule has 0 radical (unpaired) electrons. The number of hydrogen-bond acceptors (Lipinski definition) is 4. The highest BCUT2D eigenvalue weighted by molar-refractivity contribution is 5.29. The number of aromatic nitrogens is 2. The van der Waals surface area contributed by atoms with E-state index in [2.05, 4.69) is 10.3 Å². The fraction of sp³-hybridized carbons (Fsp3) is 0.333. The zero-order chi connectivity index (χ0) is 14.4. The molecule has 2 rings (SSSR count). The standard InChI is InChI=1S/C15H19N3O2/c1-12-6-7-14(13(17-12)11-16-2)20-10-9-18-8-4-3-5-15(18)19/h3-8,16H,9-11H2,1-2H3. The van der Waals surface area contributed by atoms with E-state index >= 15 is 0 Å². The smallest absolute Gasteiger partial charge is 0.250 e. The van der Waals surface area contributed by atoms with Crippen LogP contribution in [0, 0.1) is 6.92 Å². The molecule has 0 saturated carbocycles. The van der Waals surface area contributed by atoms with E-state index < -0.39 is 0 Å². The minimum absolute atomic E-state index is 0.0198. The molecule has 0 fully saturated rings. The van der Waals surface area contributed by atoms with E-state index in [1.165, 1.54) is 0 Å². The molecule has 0 bridgehead atoms. The van der Waals surface area contributed by atoms with Crippen molar-refractivity contribution in [1.82, 2.24) is 14.9 Å². The second-order valence-corrected chi connectivity index (χ2v) is 4.51. The second-order valence-electron chi connectivity index (χ2n) is 4.51. The largest absolute Gasteiger partial charge is 0.490 e. The maximum Gasteiger partial charge on any atom is 0.250 e.